The summed E-state index contributed by atoms with van der Waals surface area (Å²) in [6.07, 6.45) is 12.2. The second-order valence-electron chi connectivity index (χ2n) is 9.53. The first-order valence-corrected chi connectivity index (χ1v) is 13.6. The van der Waals surface area contributed by atoms with Crippen LogP contribution in [0.4, 0.5) is 9.59 Å². The van der Waals surface area contributed by atoms with E-state index in [0.717, 1.165) is 25.7 Å². The molecule has 3 saturated heterocycles. The molecule has 2 aromatic rings. The van der Waals surface area contributed by atoms with Crippen molar-refractivity contribution in [3.63, 3.8) is 0 Å². The number of rotatable bonds is 9. The number of ether oxygens (including phenoxy) is 5. The molecule has 15 heteroatoms. The average molecular weight is 580 g/mol. The van der Waals surface area contributed by atoms with Crippen LogP contribution in [0.5, 0.6) is 0 Å². The smallest absolute Gasteiger partial charge is 0.406 e. The Labute approximate surface area is 239 Å². The van der Waals surface area contributed by atoms with Gasteiger partial charge in [0.15, 0.2) is 0 Å². The van der Waals surface area contributed by atoms with E-state index in [1.807, 2.05) is 0 Å². The lowest BCUT2D eigenvalue weighted by Crippen LogP contribution is -2.46. The maximum absolute atomic E-state index is 12.5. The zero-order valence-corrected chi connectivity index (χ0v) is 23.9. The molecular formula is C26H41N7O8. The van der Waals surface area contributed by atoms with E-state index < -0.39 is 12.1 Å². The number of hydrogen-bond acceptors (Lipinski definition) is 11. The normalized spacial score (nSPS) is 27.1. The molecule has 4 N–H and O–H groups in total. The van der Waals surface area contributed by atoms with Crippen molar-refractivity contribution < 1.29 is 38.1 Å². The summed E-state index contributed by atoms with van der Waals surface area (Å²) < 4.78 is 30.5. The number of unbranched alkanes of at least 4 members (excludes halogenated alkanes) is 3. The highest BCUT2D eigenvalue weighted by atomic mass is 16.9. The molecule has 5 rings (SSSR count). The maximum atomic E-state index is 12.5. The topological polar surface area (TPSA) is 183 Å². The summed E-state index contributed by atoms with van der Waals surface area (Å²) in [6.45, 7) is 2.78. The Bertz CT molecular complexity index is 1050. The van der Waals surface area contributed by atoms with E-state index in [1.54, 1.807) is 38.8 Å². The van der Waals surface area contributed by atoms with Crippen LogP contribution in [-0.4, -0.2) is 102 Å². The summed E-state index contributed by atoms with van der Waals surface area (Å²) in [4.78, 5) is 42.4. The van der Waals surface area contributed by atoms with Gasteiger partial charge in [0, 0.05) is 52.4 Å². The van der Waals surface area contributed by atoms with Crippen molar-refractivity contribution in [3.05, 3.63) is 37.4 Å². The van der Waals surface area contributed by atoms with Crippen LogP contribution >= 0.6 is 0 Å². The van der Waals surface area contributed by atoms with E-state index in [9.17, 15) is 14.4 Å². The number of nitrogens with zero attached hydrogens (tertiary/aromatic N) is 4. The number of alkyl carbamates (subject to hydrolysis) is 1. The first-order valence-electron chi connectivity index (χ1n) is 13.6. The quantitative estimate of drug-likeness (QED) is 0.361. The van der Waals surface area contributed by atoms with Gasteiger partial charge in [0.25, 0.3) is 5.97 Å². The molecule has 2 bridgehead atoms. The molecule has 3 fully saturated rings. The average Bonchev–Trinajstić information content (AvgIpc) is 3.83. The Morgan fingerprint density at radius 3 is 2.22 bits per heavy atom. The van der Waals surface area contributed by atoms with E-state index in [0.29, 0.717) is 19.6 Å². The molecule has 0 saturated carbocycles. The molecule has 3 aliphatic rings. The highest BCUT2D eigenvalue weighted by molar-refractivity contribution is 5.80. The fourth-order valence-corrected chi connectivity index (χ4v) is 4.84. The summed E-state index contributed by atoms with van der Waals surface area (Å²) in [5, 5.41) is 5.41. The van der Waals surface area contributed by atoms with Crippen LogP contribution < -0.4 is 16.4 Å². The third-order valence-electron chi connectivity index (χ3n) is 6.89. The third-order valence-corrected chi connectivity index (χ3v) is 6.89. The minimum atomic E-state index is -1.05. The predicted octanol–water partition coefficient (Wildman–Crippen LogP) is 1.08. The molecule has 6 atom stereocenters. The van der Waals surface area contributed by atoms with Gasteiger partial charge >= 0.3 is 12.1 Å². The number of hydrogen-bond donors (Lipinski definition) is 3. The molecule has 0 spiro atoms. The number of amides is 2. The lowest BCUT2D eigenvalue weighted by Gasteiger charge is -2.25. The Morgan fingerprint density at radius 2 is 1.63 bits per heavy atom. The summed E-state index contributed by atoms with van der Waals surface area (Å²) in [7, 11) is 4.58. The van der Waals surface area contributed by atoms with Crippen molar-refractivity contribution in [2.45, 2.75) is 69.4 Å². The van der Waals surface area contributed by atoms with E-state index in [1.165, 1.54) is 35.9 Å². The number of carbonyl (C=O) groups is 3. The SMILES string of the molecule is CN.CNC(=O)OCCCCCCNC(=O)C1CC2O[C@@H]1[C@H]1OC(C)(OC)OC21.O=C(n1ccnc1)n1ccnc1. The summed E-state index contributed by atoms with van der Waals surface area (Å²) in [5.74, 6) is -1.25. The van der Waals surface area contributed by atoms with Crippen molar-refractivity contribution in [2.75, 3.05) is 34.4 Å². The third kappa shape index (κ3) is 8.33. The predicted molar refractivity (Wildman–Crippen MR) is 145 cm³/mol. The van der Waals surface area contributed by atoms with Gasteiger partial charge in [-0.1, -0.05) is 6.42 Å². The highest BCUT2D eigenvalue weighted by Gasteiger charge is 2.64. The molecule has 0 aromatic carbocycles. The summed E-state index contributed by atoms with van der Waals surface area (Å²) >= 11 is 0. The van der Waals surface area contributed by atoms with Crippen LogP contribution in [0, 0.1) is 5.92 Å². The Hall–Kier alpha value is -3.37. The van der Waals surface area contributed by atoms with Gasteiger partial charge < -0.3 is 40.1 Å². The van der Waals surface area contributed by atoms with E-state index in [2.05, 4.69) is 26.3 Å². The number of methoxy groups -OCH3 is 1. The molecule has 15 nitrogen and oxygen atoms in total. The first-order chi connectivity index (χ1) is 19.8. The number of nitrogens with one attached hydrogen (secondary N) is 2. The fourth-order valence-electron chi connectivity index (χ4n) is 4.84. The van der Waals surface area contributed by atoms with Crippen LogP contribution in [0.15, 0.2) is 37.4 Å². The fraction of sp³-hybridized carbons (Fsp3) is 0.654. The van der Waals surface area contributed by atoms with Gasteiger partial charge in [-0.15, -0.1) is 0 Å². The minimum absolute atomic E-state index is 0.0125. The number of fused-ring (bicyclic) bond motifs is 5. The van der Waals surface area contributed by atoms with E-state index in [4.69, 9.17) is 23.7 Å². The monoisotopic (exact) mass is 579 g/mol. The molecule has 2 aromatic heterocycles. The lowest BCUT2D eigenvalue weighted by atomic mass is 9.85. The molecule has 5 heterocycles. The largest absolute Gasteiger partial charge is 0.450 e. The van der Waals surface area contributed by atoms with Crippen LogP contribution in [0.3, 0.4) is 0 Å². The van der Waals surface area contributed by atoms with Gasteiger partial charge in [-0.25, -0.2) is 19.6 Å². The second-order valence-corrected chi connectivity index (χ2v) is 9.53. The minimum Gasteiger partial charge on any atom is -0.450 e. The first kappa shape index (κ1) is 32.1. The van der Waals surface area contributed by atoms with Crippen molar-refractivity contribution >= 4 is 18.0 Å². The molecule has 0 radical (unpaired) electrons. The molecular weight excluding hydrogens is 538 g/mol. The van der Waals surface area contributed by atoms with Gasteiger partial charge in [-0.2, -0.15) is 0 Å². The van der Waals surface area contributed by atoms with Crippen LogP contribution in [-0.2, 0) is 28.5 Å². The van der Waals surface area contributed by atoms with Gasteiger partial charge in [0.2, 0.25) is 5.91 Å². The zero-order valence-electron chi connectivity index (χ0n) is 23.9. The summed E-state index contributed by atoms with van der Waals surface area (Å²) in [6, 6.07) is -0.190. The second kappa shape index (κ2) is 15.6. The van der Waals surface area contributed by atoms with Gasteiger partial charge in [0.05, 0.1) is 24.7 Å². The molecule has 0 aliphatic carbocycles. The molecule has 41 heavy (non-hydrogen) atoms. The highest BCUT2D eigenvalue weighted by Crippen LogP contribution is 2.48. The molecule has 3 aliphatic heterocycles. The van der Waals surface area contributed by atoms with Crippen LogP contribution in [0.1, 0.15) is 39.0 Å². The molecule has 228 valence electrons. The number of aromatic nitrogens is 4. The molecule has 4 unspecified atom stereocenters. The van der Waals surface area contributed by atoms with Gasteiger partial charge in [-0.3, -0.25) is 13.9 Å². The standard InChI is InChI=1S/C18H30N2O7.C7H6N4O.CH5N/c1-18(23-3)26-14-12-10-11(13(25-12)15(14)27-18)16(21)20-8-6-4-5-7-9-24-17(22)19-2;12-7(10-3-1-8-5-10)11-4-2-9-6-11;1-2/h11-15H,4-10H2,1-3H3,(H,19,22)(H,20,21);1-6H;2H2,1H3/t11?,12?,13-,14?,15+,18?;;/m0../s1. The molecule has 2 amide bonds. The number of nitrogens with two attached hydrogens (primary N) is 1. The van der Waals surface area contributed by atoms with Gasteiger partial charge in [0.1, 0.15) is 24.9 Å². The number of carbonyl (C=O) groups excluding carboxylic acids is 3. The van der Waals surface area contributed by atoms with Crippen molar-refractivity contribution in [1.82, 2.24) is 29.7 Å². The van der Waals surface area contributed by atoms with Crippen LogP contribution in [0.2, 0.25) is 0 Å². The van der Waals surface area contributed by atoms with Crippen molar-refractivity contribution in [3.8, 4) is 0 Å². The maximum Gasteiger partial charge on any atom is 0.406 e. The Kier molecular flexibility index (Phi) is 12.2. The van der Waals surface area contributed by atoms with E-state index >= 15 is 0 Å². The Balaban J connectivity index is 0.000000274. The van der Waals surface area contributed by atoms with E-state index in [-0.39, 0.29) is 42.3 Å². The zero-order chi connectivity index (χ0) is 29.8. The van der Waals surface area contributed by atoms with Gasteiger partial charge in [-0.05, 0) is 32.7 Å². The van der Waals surface area contributed by atoms with Crippen molar-refractivity contribution in [1.29, 1.82) is 0 Å². The Morgan fingerprint density at radius 1 is 1.00 bits per heavy atom. The van der Waals surface area contributed by atoms with Crippen molar-refractivity contribution in [2.24, 2.45) is 11.7 Å². The summed E-state index contributed by atoms with van der Waals surface area (Å²) in [5.41, 5.74) is 4.50. The number of imidazole rings is 2. The van der Waals surface area contributed by atoms with Crippen LogP contribution in [0.25, 0.3) is 0 Å². The lowest BCUT2D eigenvalue weighted by molar-refractivity contribution is -0.329.